The molecule has 4 rings (SSSR count). The van der Waals surface area contributed by atoms with E-state index in [1.54, 1.807) is 0 Å². The molecule has 0 spiro atoms. The topological polar surface area (TPSA) is 12.9 Å². The van der Waals surface area contributed by atoms with E-state index in [1.165, 1.54) is 32.8 Å². The maximum atomic E-state index is 4.70. The molecule has 0 aliphatic rings. The molecule has 3 aromatic carbocycles. The zero-order chi connectivity index (χ0) is 15.8. The van der Waals surface area contributed by atoms with Crippen LogP contribution in [0, 0.1) is 6.92 Å². The minimum absolute atomic E-state index is 1.04. The Bertz CT molecular complexity index is 1010. The summed E-state index contributed by atoms with van der Waals surface area (Å²) in [6.07, 6.45) is 1.04. The number of hydrogen-bond donors (Lipinski definition) is 0. The molecule has 0 atom stereocenters. The largest absolute Gasteiger partial charge is 0.253 e. The van der Waals surface area contributed by atoms with E-state index in [0.717, 1.165) is 17.6 Å². The Hall–Kier alpha value is -2.67. The van der Waals surface area contributed by atoms with E-state index in [4.69, 9.17) is 4.98 Å². The Kier molecular flexibility index (Phi) is 3.34. The molecule has 1 heteroatoms. The SMILES string of the molecule is CCc1ccc2nc(C)cc(-c3ccc4ccccc4c3)c2c1. The summed E-state index contributed by atoms with van der Waals surface area (Å²) in [6.45, 7) is 4.26. The molecule has 0 saturated heterocycles. The number of nitrogens with zero attached hydrogens (tertiary/aromatic N) is 1. The second kappa shape index (κ2) is 5.51. The molecule has 1 nitrogen and oxygen atoms in total. The molecule has 0 fully saturated rings. The van der Waals surface area contributed by atoms with Gasteiger partial charge in [0.2, 0.25) is 0 Å². The van der Waals surface area contributed by atoms with E-state index < -0.39 is 0 Å². The van der Waals surface area contributed by atoms with Gasteiger partial charge in [0, 0.05) is 11.1 Å². The second-order valence-corrected chi connectivity index (χ2v) is 6.08. The van der Waals surface area contributed by atoms with Crippen molar-refractivity contribution in [3.63, 3.8) is 0 Å². The van der Waals surface area contributed by atoms with Crippen molar-refractivity contribution in [2.75, 3.05) is 0 Å². The standard InChI is InChI=1S/C22H19N/c1-3-16-8-11-22-21(13-16)20(12-15(2)23-22)19-10-9-17-6-4-5-7-18(17)14-19/h4-14H,3H2,1-2H3. The van der Waals surface area contributed by atoms with Crippen LogP contribution in [0.25, 0.3) is 32.8 Å². The molecule has 1 aromatic heterocycles. The van der Waals surface area contributed by atoms with Crippen LogP contribution >= 0.6 is 0 Å². The maximum Gasteiger partial charge on any atom is 0.0711 e. The van der Waals surface area contributed by atoms with Gasteiger partial charge in [0.25, 0.3) is 0 Å². The Morgan fingerprint density at radius 2 is 1.65 bits per heavy atom. The van der Waals surface area contributed by atoms with Crippen molar-refractivity contribution < 1.29 is 0 Å². The minimum atomic E-state index is 1.04. The molecule has 4 aromatic rings. The van der Waals surface area contributed by atoms with Gasteiger partial charge in [0.15, 0.2) is 0 Å². The van der Waals surface area contributed by atoms with E-state index in [-0.39, 0.29) is 0 Å². The van der Waals surface area contributed by atoms with Gasteiger partial charge in [-0.25, -0.2) is 0 Å². The highest BCUT2D eigenvalue weighted by atomic mass is 14.7. The molecule has 0 bridgehead atoms. The van der Waals surface area contributed by atoms with Crippen molar-refractivity contribution in [1.82, 2.24) is 4.98 Å². The molecule has 23 heavy (non-hydrogen) atoms. The van der Waals surface area contributed by atoms with Crippen molar-refractivity contribution in [3.05, 3.63) is 78.0 Å². The molecular formula is C22H19N. The smallest absolute Gasteiger partial charge is 0.0711 e. The average Bonchev–Trinajstić information content (AvgIpc) is 2.60. The molecule has 0 amide bonds. The lowest BCUT2D eigenvalue weighted by molar-refractivity contribution is 1.14. The number of aromatic nitrogens is 1. The lowest BCUT2D eigenvalue weighted by Gasteiger charge is -2.11. The predicted octanol–water partition coefficient (Wildman–Crippen LogP) is 5.93. The number of fused-ring (bicyclic) bond motifs is 2. The monoisotopic (exact) mass is 297 g/mol. The number of aryl methyl sites for hydroxylation is 2. The van der Waals surface area contributed by atoms with E-state index in [1.807, 2.05) is 0 Å². The molecule has 0 N–H and O–H groups in total. The Morgan fingerprint density at radius 1 is 0.826 bits per heavy atom. The Morgan fingerprint density at radius 3 is 2.48 bits per heavy atom. The van der Waals surface area contributed by atoms with Crippen LogP contribution in [0.4, 0.5) is 0 Å². The van der Waals surface area contributed by atoms with Gasteiger partial charge in [-0.1, -0.05) is 49.4 Å². The van der Waals surface area contributed by atoms with E-state index in [9.17, 15) is 0 Å². The Balaban J connectivity index is 2.01. The lowest BCUT2D eigenvalue weighted by Crippen LogP contribution is -1.90. The molecule has 0 radical (unpaired) electrons. The Labute approximate surface area is 136 Å². The second-order valence-electron chi connectivity index (χ2n) is 6.08. The summed E-state index contributed by atoms with van der Waals surface area (Å²) in [6, 6.07) is 24.0. The zero-order valence-corrected chi connectivity index (χ0v) is 13.5. The summed E-state index contributed by atoms with van der Waals surface area (Å²) in [5.41, 5.74) is 6.02. The first-order valence-electron chi connectivity index (χ1n) is 8.14. The van der Waals surface area contributed by atoms with Gasteiger partial charge in [-0.3, -0.25) is 4.98 Å². The summed E-state index contributed by atoms with van der Waals surface area (Å²) < 4.78 is 0. The summed E-state index contributed by atoms with van der Waals surface area (Å²) >= 11 is 0. The van der Waals surface area contributed by atoms with Crippen molar-refractivity contribution in [2.24, 2.45) is 0 Å². The van der Waals surface area contributed by atoms with Crippen molar-refractivity contribution in [3.8, 4) is 11.1 Å². The van der Waals surface area contributed by atoms with Crippen LogP contribution in [0.3, 0.4) is 0 Å². The normalized spacial score (nSPS) is 11.2. The van der Waals surface area contributed by atoms with Gasteiger partial charge in [0.05, 0.1) is 5.52 Å². The highest BCUT2D eigenvalue weighted by Crippen LogP contribution is 2.31. The average molecular weight is 297 g/mol. The number of rotatable bonds is 2. The maximum absolute atomic E-state index is 4.70. The summed E-state index contributed by atoms with van der Waals surface area (Å²) in [7, 11) is 0. The van der Waals surface area contributed by atoms with Gasteiger partial charge in [-0.05, 0) is 65.1 Å². The summed E-state index contributed by atoms with van der Waals surface area (Å²) in [5, 5.41) is 3.80. The van der Waals surface area contributed by atoms with E-state index >= 15 is 0 Å². The van der Waals surface area contributed by atoms with Crippen molar-refractivity contribution >= 4 is 21.7 Å². The van der Waals surface area contributed by atoms with Gasteiger partial charge < -0.3 is 0 Å². The predicted molar refractivity (Wildman–Crippen MR) is 98.8 cm³/mol. The van der Waals surface area contributed by atoms with Gasteiger partial charge in [-0.15, -0.1) is 0 Å². The van der Waals surface area contributed by atoms with Crippen molar-refractivity contribution in [1.29, 1.82) is 0 Å². The fraction of sp³-hybridized carbons (Fsp3) is 0.136. The van der Waals surface area contributed by atoms with Crippen LogP contribution in [-0.2, 0) is 6.42 Å². The third-order valence-corrected chi connectivity index (χ3v) is 4.47. The molecular weight excluding hydrogens is 278 g/mol. The van der Waals surface area contributed by atoms with Crippen LogP contribution < -0.4 is 0 Å². The summed E-state index contributed by atoms with van der Waals surface area (Å²) in [4.78, 5) is 4.70. The lowest BCUT2D eigenvalue weighted by atomic mass is 9.96. The molecule has 0 aliphatic heterocycles. The number of pyridine rings is 1. The third kappa shape index (κ3) is 2.49. The van der Waals surface area contributed by atoms with Gasteiger partial charge in [0.1, 0.15) is 0 Å². The molecule has 0 aliphatic carbocycles. The molecule has 1 heterocycles. The van der Waals surface area contributed by atoms with Crippen LogP contribution in [0.2, 0.25) is 0 Å². The third-order valence-electron chi connectivity index (χ3n) is 4.47. The fourth-order valence-corrected chi connectivity index (χ4v) is 3.22. The van der Waals surface area contributed by atoms with Crippen LogP contribution in [-0.4, -0.2) is 4.98 Å². The highest BCUT2D eigenvalue weighted by molar-refractivity contribution is 5.97. The molecule has 0 unspecified atom stereocenters. The molecule has 0 saturated carbocycles. The first-order chi connectivity index (χ1) is 11.2. The van der Waals surface area contributed by atoms with Crippen LogP contribution in [0.1, 0.15) is 18.2 Å². The first kappa shape index (κ1) is 14.0. The minimum Gasteiger partial charge on any atom is -0.253 e. The van der Waals surface area contributed by atoms with E-state index in [0.29, 0.717) is 0 Å². The van der Waals surface area contributed by atoms with E-state index in [2.05, 4.69) is 80.6 Å². The highest BCUT2D eigenvalue weighted by Gasteiger charge is 2.08. The number of hydrogen-bond acceptors (Lipinski definition) is 1. The van der Waals surface area contributed by atoms with Gasteiger partial charge >= 0.3 is 0 Å². The number of benzene rings is 3. The van der Waals surface area contributed by atoms with Gasteiger partial charge in [-0.2, -0.15) is 0 Å². The molecule has 112 valence electrons. The summed E-state index contributed by atoms with van der Waals surface area (Å²) in [5.74, 6) is 0. The van der Waals surface area contributed by atoms with Crippen molar-refractivity contribution in [2.45, 2.75) is 20.3 Å². The van der Waals surface area contributed by atoms with Crippen LogP contribution in [0.15, 0.2) is 66.7 Å². The van der Waals surface area contributed by atoms with Crippen LogP contribution in [0.5, 0.6) is 0 Å². The zero-order valence-electron chi connectivity index (χ0n) is 13.5. The quantitative estimate of drug-likeness (QED) is 0.447. The first-order valence-corrected chi connectivity index (χ1v) is 8.14. The fourth-order valence-electron chi connectivity index (χ4n) is 3.22.